The van der Waals surface area contributed by atoms with Crippen LogP contribution in [-0.2, 0) is 9.53 Å². The number of rotatable bonds is 5. The Bertz CT molecular complexity index is 828. The molecule has 2 aromatic rings. The number of hydrogen-bond acceptors (Lipinski definition) is 4. The van der Waals surface area contributed by atoms with Crippen LogP contribution in [0.4, 0.5) is 0 Å². The number of benzene rings is 1. The van der Waals surface area contributed by atoms with Crippen molar-refractivity contribution < 1.29 is 19.4 Å². The molecule has 2 N–H and O–H groups in total. The number of carboxylic acid groups (broad SMARTS) is 1. The maximum atomic E-state index is 12.6. The lowest BCUT2D eigenvalue weighted by Crippen LogP contribution is -2.46. The van der Waals surface area contributed by atoms with E-state index in [-0.39, 0.29) is 12.5 Å². The summed E-state index contributed by atoms with van der Waals surface area (Å²) in [5.74, 6) is -1.25. The van der Waals surface area contributed by atoms with Gasteiger partial charge in [-0.25, -0.2) is 4.68 Å². The van der Waals surface area contributed by atoms with Gasteiger partial charge in [0.05, 0.1) is 28.6 Å². The highest BCUT2D eigenvalue weighted by Crippen LogP contribution is 2.30. The molecule has 138 valence electrons. The minimum atomic E-state index is -0.981. The first-order chi connectivity index (χ1) is 12.4. The summed E-state index contributed by atoms with van der Waals surface area (Å²) in [5.41, 5.74) is 0.823. The first-order valence-electron chi connectivity index (χ1n) is 8.33. The normalized spacial score (nSPS) is 16.2. The van der Waals surface area contributed by atoms with E-state index in [1.165, 1.54) is 6.20 Å². The van der Waals surface area contributed by atoms with Crippen LogP contribution in [0, 0.1) is 12.3 Å². The average Bonchev–Trinajstić information content (AvgIpc) is 3.02. The van der Waals surface area contributed by atoms with Crippen LogP contribution in [0.1, 0.15) is 28.9 Å². The van der Waals surface area contributed by atoms with E-state index in [1.807, 2.05) is 6.07 Å². The Morgan fingerprint density at radius 2 is 2.12 bits per heavy atom. The molecule has 26 heavy (non-hydrogen) atoms. The summed E-state index contributed by atoms with van der Waals surface area (Å²) in [6.45, 7) is 2.61. The predicted molar refractivity (Wildman–Crippen MR) is 95.8 cm³/mol. The molecular weight excluding hydrogens is 358 g/mol. The Labute approximate surface area is 155 Å². The quantitative estimate of drug-likeness (QED) is 0.834. The van der Waals surface area contributed by atoms with E-state index >= 15 is 0 Å². The number of aromatic nitrogens is 2. The lowest BCUT2D eigenvalue weighted by atomic mass is 9.80. The Kier molecular flexibility index (Phi) is 5.29. The summed E-state index contributed by atoms with van der Waals surface area (Å²) >= 11 is 6.01. The standard InChI is InChI=1S/C18H20ClN3O4/c1-12-15(10-21-22(12)14-4-2-3-13(19)9-14)16(23)20-11-18(17(24)25)5-7-26-8-6-18/h2-4,9-10H,5-8,11H2,1H3,(H,20,23)(H,24,25). The third kappa shape index (κ3) is 3.59. The third-order valence-electron chi connectivity index (χ3n) is 4.80. The smallest absolute Gasteiger partial charge is 0.311 e. The van der Waals surface area contributed by atoms with Crippen LogP contribution in [0.2, 0.25) is 5.02 Å². The van der Waals surface area contributed by atoms with Crippen LogP contribution in [0.3, 0.4) is 0 Å². The fraction of sp³-hybridized carbons (Fsp3) is 0.389. The summed E-state index contributed by atoms with van der Waals surface area (Å²) in [6, 6.07) is 7.16. The summed E-state index contributed by atoms with van der Waals surface area (Å²) in [6.07, 6.45) is 2.23. The number of aliphatic carboxylic acids is 1. The summed E-state index contributed by atoms with van der Waals surface area (Å²) in [4.78, 5) is 24.2. The molecule has 0 atom stereocenters. The average molecular weight is 378 g/mol. The van der Waals surface area contributed by atoms with Gasteiger partial charge in [-0.15, -0.1) is 0 Å². The van der Waals surface area contributed by atoms with E-state index in [2.05, 4.69) is 10.4 Å². The number of ether oxygens (including phenoxy) is 1. The number of halogens is 1. The highest BCUT2D eigenvalue weighted by molar-refractivity contribution is 6.30. The molecule has 3 rings (SSSR count). The number of hydrogen-bond donors (Lipinski definition) is 2. The minimum Gasteiger partial charge on any atom is -0.481 e. The first-order valence-corrected chi connectivity index (χ1v) is 8.71. The fourth-order valence-electron chi connectivity index (χ4n) is 3.07. The molecule has 1 amide bonds. The van der Waals surface area contributed by atoms with Crippen molar-refractivity contribution in [3.63, 3.8) is 0 Å². The van der Waals surface area contributed by atoms with Gasteiger partial charge in [-0.3, -0.25) is 9.59 Å². The molecule has 1 aromatic carbocycles. The number of nitrogens with zero attached hydrogens (tertiary/aromatic N) is 2. The molecule has 2 heterocycles. The van der Waals surface area contributed by atoms with Gasteiger partial charge in [-0.1, -0.05) is 17.7 Å². The zero-order chi connectivity index (χ0) is 18.7. The highest BCUT2D eigenvalue weighted by Gasteiger charge is 2.40. The second-order valence-corrected chi connectivity index (χ2v) is 6.85. The lowest BCUT2D eigenvalue weighted by Gasteiger charge is -2.33. The summed E-state index contributed by atoms with van der Waals surface area (Å²) < 4.78 is 6.87. The van der Waals surface area contributed by atoms with Crippen LogP contribution in [0.5, 0.6) is 0 Å². The Morgan fingerprint density at radius 1 is 1.38 bits per heavy atom. The molecule has 1 saturated heterocycles. The summed E-state index contributed by atoms with van der Waals surface area (Å²) in [5, 5.41) is 17.2. The van der Waals surface area contributed by atoms with E-state index in [0.29, 0.717) is 42.3 Å². The molecule has 0 unspecified atom stereocenters. The highest BCUT2D eigenvalue weighted by atomic mass is 35.5. The number of carboxylic acids is 1. The van der Waals surface area contributed by atoms with E-state index < -0.39 is 11.4 Å². The van der Waals surface area contributed by atoms with Gasteiger partial charge in [0.1, 0.15) is 0 Å². The van der Waals surface area contributed by atoms with Gasteiger partial charge in [0.15, 0.2) is 0 Å². The molecule has 1 aliphatic heterocycles. The van der Waals surface area contributed by atoms with Gasteiger partial charge in [-0.05, 0) is 38.0 Å². The molecule has 0 bridgehead atoms. The molecular formula is C18H20ClN3O4. The van der Waals surface area contributed by atoms with E-state index in [9.17, 15) is 14.7 Å². The van der Waals surface area contributed by atoms with E-state index in [0.717, 1.165) is 5.69 Å². The topological polar surface area (TPSA) is 93.5 Å². The second kappa shape index (κ2) is 7.47. The van der Waals surface area contributed by atoms with Gasteiger partial charge in [-0.2, -0.15) is 5.10 Å². The molecule has 7 nitrogen and oxygen atoms in total. The molecule has 8 heteroatoms. The van der Waals surface area contributed by atoms with Crippen LogP contribution < -0.4 is 5.32 Å². The van der Waals surface area contributed by atoms with Crippen molar-refractivity contribution in [1.29, 1.82) is 0 Å². The van der Waals surface area contributed by atoms with Crippen LogP contribution >= 0.6 is 11.6 Å². The molecule has 0 radical (unpaired) electrons. The van der Waals surface area contributed by atoms with Crippen molar-refractivity contribution >= 4 is 23.5 Å². The van der Waals surface area contributed by atoms with Crippen molar-refractivity contribution in [2.75, 3.05) is 19.8 Å². The van der Waals surface area contributed by atoms with Crippen molar-refractivity contribution in [2.24, 2.45) is 5.41 Å². The van der Waals surface area contributed by atoms with Crippen molar-refractivity contribution in [3.8, 4) is 5.69 Å². The molecule has 0 spiro atoms. The number of carbonyl (C=O) groups excluding carboxylic acids is 1. The van der Waals surface area contributed by atoms with Gasteiger partial charge in [0, 0.05) is 24.8 Å². The van der Waals surface area contributed by atoms with Gasteiger partial charge in [0.25, 0.3) is 5.91 Å². The maximum Gasteiger partial charge on any atom is 0.311 e. The van der Waals surface area contributed by atoms with Crippen LogP contribution in [0.15, 0.2) is 30.5 Å². The van der Waals surface area contributed by atoms with Gasteiger partial charge >= 0.3 is 5.97 Å². The zero-order valence-electron chi connectivity index (χ0n) is 14.4. The lowest BCUT2D eigenvalue weighted by molar-refractivity contribution is -0.154. The second-order valence-electron chi connectivity index (χ2n) is 6.42. The summed E-state index contributed by atoms with van der Waals surface area (Å²) in [7, 11) is 0. The molecule has 1 aromatic heterocycles. The van der Waals surface area contributed by atoms with Crippen LogP contribution in [-0.4, -0.2) is 46.5 Å². The maximum absolute atomic E-state index is 12.6. The van der Waals surface area contributed by atoms with Gasteiger partial charge in [0.2, 0.25) is 0 Å². The van der Waals surface area contributed by atoms with Crippen LogP contribution in [0.25, 0.3) is 5.69 Å². The van der Waals surface area contributed by atoms with Crippen molar-refractivity contribution in [1.82, 2.24) is 15.1 Å². The monoisotopic (exact) mass is 377 g/mol. The minimum absolute atomic E-state index is 0.0618. The van der Waals surface area contributed by atoms with Gasteiger partial charge < -0.3 is 15.2 Å². The Morgan fingerprint density at radius 3 is 2.77 bits per heavy atom. The largest absolute Gasteiger partial charge is 0.481 e. The Hall–Kier alpha value is -2.38. The zero-order valence-corrected chi connectivity index (χ0v) is 15.1. The van der Waals surface area contributed by atoms with E-state index in [4.69, 9.17) is 16.3 Å². The molecule has 0 saturated carbocycles. The van der Waals surface area contributed by atoms with E-state index in [1.54, 1.807) is 29.8 Å². The van der Waals surface area contributed by atoms with Crippen molar-refractivity contribution in [2.45, 2.75) is 19.8 Å². The third-order valence-corrected chi connectivity index (χ3v) is 5.03. The Balaban J connectivity index is 1.75. The number of nitrogens with one attached hydrogen (secondary N) is 1. The molecule has 0 aliphatic carbocycles. The number of carbonyl (C=O) groups is 2. The molecule has 1 fully saturated rings. The predicted octanol–water partition coefficient (Wildman–Crippen LogP) is 2.45. The SMILES string of the molecule is Cc1c(C(=O)NCC2(C(=O)O)CCOCC2)cnn1-c1cccc(Cl)c1. The first kappa shape index (κ1) is 18.4. The fourth-order valence-corrected chi connectivity index (χ4v) is 3.26. The number of amides is 1. The molecule has 1 aliphatic rings. The van der Waals surface area contributed by atoms with Crippen molar-refractivity contribution in [3.05, 3.63) is 46.7 Å².